The number of furan rings is 2. The van der Waals surface area contributed by atoms with Crippen molar-refractivity contribution in [2.24, 2.45) is 0 Å². The Morgan fingerprint density at radius 2 is 0.980 bits per heavy atom. The third-order valence-electron chi connectivity index (χ3n) is 9.77. The Kier molecular flexibility index (Phi) is 6.05. The van der Waals surface area contributed by atoms with Gasteiger partial charge in [-0.3, -0.25) is 0 Å². The van der Waals surface area contributed by atoms with E-state index < -0.39 is 0 Å². The first-order valence-corrected chi connectivity index (χ1v) is 17.7. The predicted molar refractivity (Wildman–Crippen MR) is 209 cm³/mol. The minimum absolute atomic E-state index is 0.575. The largest absolute Gasteiger partial charge is 0.456 e. The van der Waals surface area contributed by atoms with Crippen LogP contribution in [-0.2, 0) is 0 Å². The number of aromatic nitrogens is 3. The molecule has 11 aromatic rings. The van der Waals surface area contributed by atoms with Crippen molar-refractivity contribution in [3.8, 4) is 45.3 Å². The maximum Gasteiger partial charge on any atom is 0.164 e. The molecule has 0 fully saturated rings. The van der Waals surface area contributed by atoms with Crippen molar-refractivity contribution >= 4 is 75.4 Å². The zero-order chi connectivity index (χ0) is 33.5. The first-order valence-electron chi connectivity index (χ1n) is 16.9. The van der Waals surface area contributed by atoms with Crippen LogP contribution in [0.5, 0.6) is 0 Å². The molecule has 5 nitrogen and oxygen atoms in total. The van der Waals surface area contributed by atoms with Gasteiger partial charge in [-0.25, -0.2) is 15.0 Å². The molecule has 0 atom stereocenters. The molecule has 6 heteroatoms. The molecule has 0 aliphatic heterocycles. The Hall–Kier alpha value is -6.63. The van der Waals surface area contributed by atoms with E-state index in [2.05, 4.69) is 78.9 Å². The van der Waals surface area contributed by atoms with Crippen molar-refractivity contribution in [1.29, 1.82) is 0 Å². The van der Waals surface area contributed by atoms with Gasteiger partial charge in [0.15, 0.2) is 17.5 Å². The van der Waals surface area contributed by atoms with Crippen LogP contribution in [-0.4, -0.2) is 15.0 Å². The second-order valence-corrected chi connectivity index (χ2v) is 13.8. The van der Waals surface area contributed by atoms with Gasteiger partial charge in [0.2, 0.25) is 0 Å². The Morgan fingerprint density at radius 3 is 1.80 bits per heavy atom. The van der Waals surface area contributed by atoms with E-state index in [-0.39, 0.29) is 0 Å². The summed E-state index contributed by atoms with van der Waals surface area (Å²) in [6.07, 6.45) is 0. The van der Waals surface area contributed by atoms with E-state index in [1.54, 1.807) is 0 Å². The van der Waals surface area contributed by atoms with Crippen LogP contribution >= 0.6 is 11.3 Å². The van der Waals surface area contributed by atoms with E-state index in [0.29, 0.717) is 17.5 Å². The molecule has 0 spiro atoms. The van der Waals surface area contributed by atoms with Crippen LogP contribution in [0.3, 0.4) is 0 Å². The second kappa shape index (κ2) is 10.9. The number of hydrogen-bond donors (Lipinski definition) is 0. The number of para-hydroxylation sites is 2. The molecule has 51 heavy (non-hydrogen) atoms. The van der Waals surface area contributed by atoms with Crippen molar-refractivity contribution in [2.75, 3.05) is 0 Å². The van der Waals surface area contributed by atoms with E-state index in [1.807, 2.05) is 84.1 Å². The summed E-state index contributed by atoms with van der Waals surface area (Å²) in [4.78, 5) is 15.5. The fourth-order valence-corrected chi connectivity index (χ4v) is 8.52. The van der Waals surface area contributed by atoms with Crippen molar-refractivity contribution in [3.63, 3.8) is 0 Å². The highest BCUT2D eigenvalue weighted by atomic mass is 32.1. The van der Waals surface area contributed by atoms with Crippen molar-refractivity contribution < 1.29 is 8.83 Å². The third kappa shape index (κ3) is 4.37. The molecular weight excluding hydrogens is 647 g/mol. The average molecular weight is 672 g/mol. The van der Waals surface area contributed by atoms with E-state index >= 15 is 0 Å². The van der Waals surface area contributed by atoms with E-state index in [4.69, 9.17) is 23.8 Å². The fraction of sp³-hybridized carbons (Fsp3) is 0. The quantitative estimate of drug-likeness (QED) is 0.186. The van der Waals surface area contributed by atoms with Crippen molar-refractivity contribution in [3.05, 3.63) is 152 Å². The highest BCUT2D eigenvalue weighted by Crippen LogP contribution is 2.44. The summed E-state index contributed by atoms with van der Waals surface area (Å²) in [6, 6.07) is 52.0. The maximum absolute atomic E-state index is 6.73. The minimum atomic E-state index is 0.575. The van der Waals surface area contributed by atoms with Gasteiger partial charge in [0.05, 0.1) is 0 Å². The van der Waals surface area contributed by atoms with Gasteiger partial charge in [-0.1, -0.05) is 103 Å². The number of fused-ring (bicyclic) bond motifs is 9. The van der Waals surface area contributed by atoms with Crippen LogP contribution in [0.15, 0.2) is 160 Å². The zero-order valence-electron chi connectivity index (χ0n) is 27.0. The van der Waals surface area contributed by atoms with E-state index in [1.165, 1.54) is 20.2 Å². The maximum atomic E-state index is 6.73. The highest BCUT2D eigenvalue weighted by molar-refractivity contribution is 7.25. The number of hydrogen-bond acceptors (Lipinski definition) is 6. The van der Waals surface area contributed by atoms with Gasteiger partial charge in [0.1, 0.15) is 22.3 Å². The molecule has 4 aromatic heterocycles. The topological polar surface area (TPSA) is 65.0 Å². The monoisotopic (exact) mass is 671 g/mol. The predicted octanol–water partition coefficient (Wildman–Crippen LogP) is 12.7. The van der Waals surface area contributed by atoms with Gasteiger partial charge in [-0.2, -0.15) is 0 Å². The van der Waals surface area contributed by atoms with Crippen LogP contribution in [0.25, 0.3) is 109 Å². The van der Waals surface area contributed by atoms with E-state index in [9.17, 15) is 0 Å². The molecule has 0 N–H and O–H groups in total. The lowest BCUT2D eigenvalue weighted by molar-refractivity contribution is 0.669. The molecule has 0 aliphatic carbocycles. The molecule has 0 bridgehead atoms. The van der Waals surface area contributed by atoms with Gasteiger partial charge in [0, 0.05) is 64.0 Å². The summed E-state index contributed by atoms with van der Waals surface area (Å²) in [6.45, 7) is 0. The van der Waals surface area contributed by atoms with Gasteiger partial charge < -0.3 is 8.83 Å². The van der Waals surface area contributed by atoms with Crippen molar-refractivity contribution in [1.82, 2.24) is 15.0 Å². The molecule has 0 saturated heterocycles. The second-order valence-electron chi connectivity index (χ2n) is 12.7. The molecule has 0 saturated carbocycles. The van der Waals surface area contributed by atoms with Gasteiger partial charge >= 0.3 is 0 Å². The van der Waals surface area contributed by atoms with Crippen LogP contribution in [0.4, 0.5) is 0 Å². The smallest absolute Gasteiger partial charge is 0.164 e. The molecule has 0 radical (unpaired) electrons. The fourth-order valence-electron chi connectivity index (χ4n) is 7.43. The number of thiophene rings is 1. The van der Waals surface area contributed by atoms with Gasteiger partial charge in [-0.15, -0.1) is 11.3 Å². The standard InChI is InChI=1S/C45H25N3O2S/c1-2-11-26(12-3-1)43-46-44(32-16-10-19-37-40(32)30-14-4-7-17-35(30)49-37)48-45(47-43)33-23-22-28(42-41(33)31-15-5-8-18-36(31)50-42)27-21-24-39-34(25-27)29-13-6-9-20-38(29)51-39/h1-25H. The minimum Gasteiger partial charge on any atom is -0.456 e. The van der Waals surface area contributed by atoms with Crippen LogP contribution in [0.1, 0.15) is 0 Å². The Morgan fingerprint density at radius 1 is 0.373 bits per heavy atom. The molecule has 0 amide bonds. The molecule has 11 rings (SSSR count). The van der Waals surface area contributed by atoms with Crippen LogP contribution in [0, 0.1) is 0 Å². The first kappa shape index (κ1) is 28.2. The van der Waals surface area contributed by atoms with Gasteiger partial charge in [-0.05, 0) is 54.1 Å². The molecule has 238 valence electrons. The summed E-state index contributed by atoms with van der Waals surface area (Å²) in [5.74, 6) is 1.75. The normalized spacial score (nSPS) is 11.9. The lowest BCUT2D eigenvalue weighted by Gasteiger charge is -2.11. The lowest BCUT2D eigenvalue weighted by Crippen LogP contribution is -2.01. The van der Waals surface area contributed by atoms with Crippen molar-refractivity contribution in [2.45, 2.75) is 0 Å². The SMILES string of the molecule is c1ccc(-c2nc(-c3cccc4oc5ccccc5c34)nc(-c3ccc(-c4ccc5sc6ccccc6c5c4)c4oc5ccccc5c34)n2)cc1. The molecule has 0 unspecified atom stereocenters. The number of benzene rings is 7. The summed E-state index contributed by atoms with van der Waals surface area (Å²) in [7, 11) is 0. The Balaban J connectivity index is 1.18. The molecule has 4 heterocycles. The molecule has 0 aliphatic rings. The summed E-state index contributed by atoms with van der Waals surface area (Å²) >= 11 is 1.82. The zero-order valence-corrected chi connectivity index (χ0v) is 27.8. The van der Waals surface area contributed by atoms with Crippen LogP contribution in [0.2, 0.25) is 0 Å². The van der Waals surface area contributed by atoms with Crippen LogP contribution < -0.4 is 0 Å². The highest BCUT2D eigenvalue weighted by Gasteiger charge is 2.22. The number of nitrogens with zero attached hydrogens (tertiary/aromatic N) is 3. The summed E-state index contributed by atoms with van der Waals surface area (Å²) in [5, 5.41) is 6.50. The summed E-state index contributed by atoms with van der Waals surface area (Å²) in [5.41, 5.74) is 8.04. The lowest BCUT2D eigenvalue weighted by atomic mass is 9.97. The number of rotatable bonds is 4. The van der Waals surface area contributed by atoms with Gasteiger partial charge in [0.25, 0.3) is 0 Å². The average Bonchev–Trinajstić information content (AvgIpc) is 3.89. The first-order chi connectivity index (χ1) is 25.3. The molecular formula is C45H25N3O2S. The third-order valence-corrected chi connectivity index (χ3v) is 10.9. The summed E-state index contributed by atoms with van der Waals surface area (Å²) < 4.78 is 15.5. The Bertz CT molecular complexity index is 3160. The Labute approximate surface area is 295 Å². The molecule has 7 aromatic carbocycles. The van der Waals surface area contributed by atoms with E-state index in [0.717, 1.165) is 71.7 Å².